The Morgan fingerprint density at radius 2 is 1.86 bits per heavy atom. The molecule has 2 N–H and O–H groups in total. The molecule has 2 aromatic rings. The molecule has 0 bridgehead atoms. The lowest BCUT2D eigenvalue weighted by molar-refractivity contribution is -0.129. The third-order valence-electron chi connectivity index (χ3n) is 4.38. The number of carboxylic acids is 1. The number of carboxylic acid groups (broad SMARTS) is 1. The Labute approximate surface area is 173 Å². The first-order valence-electron chi connectivity index (χ1n) is 9.06. The summed E-state index contributed by atoms with van der Waals surface area (Å²) in [5.74, 6) is -1.68. The van der Waals surface area contributed by atoms with Crippen molar-refractivity contribution in [2.45, 2.75) is 33.2 Å². The summed E-state index contributed by atoms with van der Waals surface area (Å²) in [6.45, 7) is 5.71. The van der Waals surface area contributed by atoms with E-state index in [1.54, 1.807) is 36.5 Å². The third kappa shape index (κ3) is 5.42. The van der Waals surface area contributed by atoms with Gasteiger partial charge in [-0.25, -0.2) is 4.79 Å². The predicted octanol–water partition coefficient (Wildman–Crippen LogP) is 3.51. The first-order chi connectivity index (χ1) is 13.6. The van der Waals surface area contributed by atoms with E-state index in [9.17, 15) is 14.4 Å². The average molecular weight is 413 g/mol. The molecule has 0 radical (unpaired) electrons. The van der Waals surface area contributed by atoms with Gasteiger partial charge in [-0.1, -0.05) is 26.0 Å². The molecule has 0 aliphatic heterocycles. The van der Waals surface area contributed by atoms with Gasteiger partial charge in [-0.2, -0.15) is 5.26 Å². The number of thiophene rings is 1. The second-order valence-electron chi connectivity index (χ2n) is 7.12. The Kier molecular flexibility index (Phi) is 7.13. The minimum absolute atomic E-state index is 0.156. The Balaban J connectivity index is 2.20. The molecule has 1 aromatic carbocycles. The van der Waals surface area contributed by atoms with Crippen LogP contribution in [-0.4, -0.2) is 40.9 Å². The quantitative estimate of drug-likeness (QED) is 0.533. The molecule has 1 heterocycles. The molecular weight excluding hydrogens is 390 g/mol. The molecule has 2 rings (SSSR count). The zero-order valence-electron chi connectivity index (χ0n) is 16.7. The van der Waals surface area contributed by atoms with Crippen LogP contribution in [0, 0.1) is 24.3 Å². The van der Waals surface area contributed by atoms with Crippen molar-refractivity contribution >= 4 is 29.1 Å². The topological polar surface area (TPSA) is 110 Å². The number of aromatic carboxylic acids is 1. The number of carbonyl (C=O) groups excluding carboxylic acids is 2. The SMILES string of the molecule is Cc1sc(C(=O)O)cc1-c1ccc(C(=O)N[C@@H](CC(C)C)C(=O)N(C)C#N)cc1. The van der Waals surface area contributed by atoms with Crippen LogP contribution in [0.4, 0.5) is 0 Å². The first kappa shape index (κ1) is 22.1. The van der Waals surface area contributed by atoms with Crippen molar-refractivity contribution in [3.05, 3.63) is 45.6 Å². The van der Waals surface area contributed by atoms with Gasteiger partial charge in [0.15, 0.2) is 6.19 Å². The van der Waals surface area contributed by atoms with Crippen LogP contribution < -0.4 is 5.32 Å². The molecule has 0 aliphatic carbocycles. The third-order valence-corrected chi connectivity index (χ3v) is 5.42. The lowest BCUT2D eigenvalue weighted by Gasteiger charge is -2.21. The fraction of sp³-hybridized carbons (Fsp3) is 0.333. The summed E-state index contributed by atoms with van der Waals surface area (Å²) in [4.78, 5) is 38.2. The van der Waals surface area contributed by atoms with Crippen LogP contribution in [0.5, 0.6) is 0 Å². The minimum Gasteiger partial charge on any atom is -0.477 e. The minimum atomic E-state index is -0.969. The van der Waals surface area contributed by atoms with Crippen LogP contribution in [0.1, 0.15) is 45.2 Å². The van der Waals surface area contributed by atoms with Gasteiger partial charge in [0.2, 0.25) is 0 Å². The summed E-state index contributed by atoms with van der Waals surface area (Å²) < 4.78 is 0. The monoisotopic (exact) mass is 413 g/mol. The number of amides is 2. The fourth-order valence-corrected chi connectivity index (χ4v) is 3.77. The summed E-state index contributed by atoms with van der Waals surface area (Å²) in [7, 11) is 1.37. The number of hydrogen-bond donors (Lipinski definition) is 2. The molecule has 0 saturated carbocycles. The fourth-order valence-electron chi connectivity index (χ4n) is 2.89. The van der Waals surface area contributed by atoms with Crippen molar-refractivity contribution < 1.29 is 19.5 Å². The highest BCUT2D eigenvalue weighted by Crippen LogP contribution is 2.31. The van der Waals surface area contributed by atoms with Crippen molar-refractivity contribution in [3.8, 4) is 17.3 Å². The van der Waals surface area contributed by atoms with Crippen molar-refractivity contribution in [1.29, 1.82) is 5.26 Å². The van der Waals surface area contributed by atoms with Gasteiger partial charge in [0.05, 0.1) is 0 Å². The van der Waals surface area contributed by atoms with Crippen LogP contribution in [0.3, 0.4) is 0 Å². The normalized spacial score (nSPS) is 11.6. The van der Waals surface area contributed by atoms with Gasteiger partial charge in [-0.15, -0.1) is 11.3 Å². The molecule has 7 nitrogen and oxygen atoms in total. The zero-order chi connectivity index (χ0) is 21.7. The molecule has 152 valence electrons. The Morgan fingerprint density at radius 1 is 1.24 bits per heavy atom. The smallest absolute Gasteiger partial charge is 0.345 e. The van der Waals surface area contributed by atoms with E-state index in [0.717, 1.165) is 20.9 Å². The molecule has 0 fully saturated rings. The number of nitrogens with zero attached hydrogens (tertiary/aromatic N) is 2. The summed E-state index contributed by atoms with van der Waals surface area (Å²) in [5.41, 5.74) is 1.99. The maximum atomic E-state index is 12.6. The van der Waals surface area contributed by atoms with E-state index in [0.29, 0.717) is 12.0 Å². The Morgan fingerprint density at radius 3 is 2.34 bits per heavy atom. The molecule has 0 unspecified atom stereocenters. The van der Waals surface area contributed by atoms with E-state index in [1.165, 1.54) is 18.4 Å². The van der Waals surface area contributed by atoms with E-state index in [4.69, 9.17) is 10.4 Å². The number of carbonyl (C=O) groups is 3. The molecule has 0 spiro atoms. The highest BCUT2D eigenvalue weighted by molar-refractivity contribution is 7.14. The van der Waals surface area contributed by atoms with Crippen molar-refractivity contribution in [2.75, 3.05) is 7.05 Å². The van der Waals surface area contributed by atoms with E-state index >= 15 is 0 Å². The molecular formula is C21H23N3O4S. The summed E-state index contributed by atoms with van der Waals surface area (Å²) in [5, 5.41) is 20.8. The number of rotatable bonds is 7. The van der Waals surface area contributed by atoms with Crippen LogP contribution in [-0.2, 0) is 4.79 Å². The van der Waals surface area contributed by atoms with Gasteiger partial charge in [0.1, 0.15) is 10.9 Å². The van der Waals surface area contributed by atoms with Crippen molar-refractivity contribution in [1.82, 2.24) is 10.2 Å². The molecule has 1 atom stereocenters. The second kappa shape index (κ2) is 9.34. The number of nitrogens with one attached hydrogen (secondary N) is 1. The number of benzene rings is 1. The van der Waals surface area contributed by atoms with Crippen LogP contribution in [0.25, 0.3) is 11.1 Å². The van der Waals surface area contributed by atoms with Crippen LogP contribution in [0.15, 0.2) is 30.3 Å². The van der Waals surface area contributed by atoms with Gasteiger partial charge in [0, 0.05) is 17.5 Å². The van der Waals surface area contributed by atoms with Crippen molar-refractivity contribution in [2.24, 2.45) is 5.92 Å². The van der Waals surface area contributed by atoms with Gasteiger partial charge >= 0.3 is 5.97 Å². The Bertz CT molecular complexity index is 957. The predicted molar refractivity (Wildman–Crippen MR) is 111 cm³/mol. The molecule has 2 amide bonds. The molecule has 0 aliphatic rings. The standard InChI is InChI=1S/C21H23N3O4S/c1-12(2)9-17(20(26)24(4)11-22)23-19(25)15-7-5-14(6-8-15)16-10-18(21(27)28)29-13(16)3/h5-8,10,12,17H,9H2,1-4H3,(H,23,25)(H,27,28)/t17-/m0/s1. The van der Waals surface area contributed by atoms with E-state index < -0.39 is 23.8 Å². The Hall–Kier alpha value is -3.18. The van der Waals surface area contributed by atoms with Gasteiger partial charge < -0.3 is 10.4 Å². The summed E-state index contributed by atoms with van der Waals surface area (Å²) >= 11 is 1.20. The van der Waals surface area contributed by atoms with Gasteiger partial charge in [-0.3, -0.25) is 14.5 Å². The molecule has 8 heteroatoms. The molecule has 29 heavy (non-hydrogen) atoms. The summed E-state index contributed by atoms with van der Waals surface area (Å²) in [6, 6.07) is 7.59. The largest absolute Gasteiger partial charge is 0.477 e. The van der Waals surface area contributed by atoms with Gasteiger partial charge in [-0.05, 0) is 48.6 Å². The second-order valence-corrected chi connectivity index (χ2v) is 8.37. The highest BCUT2D eigenvalue weighted by Gasteiger charge is 2.25. The van der Waals surface area contributed by atoms with Crippen LogP contribution in [0.2, 0.25) is 0 Å². The van der Waals surface area contributed by atoms with Crippen molar-refractivity contribution in [3.63, 3.8) is 0 Å². The van der Waals surface area contributed by atoms with Gasteiger partial charge in [0.25, 0.3) is 11.8 Å². The van der Waals surface area contributed by atoms with E-state index in [1.807, 2.05) is 20.8 Å². The number of hydrogen-bond acceptors (Lipinski definition) is 5. The first-order valence-corrected chi connectivity index (χ1v) is 9.88. The van der Waals surface area contributed by atoms with E-state index in [2.05, 4.69) is 5.32 Å². The number of aryl methyl sites for hydroxylation is 1. The van der Waals surface area contributed by atoms with E-state index in [-0.39, 0.29) is 10.8 Å². The number of likely N-dealkylation sites (N-methyl/N-ethyl adjacent to an activating group) is 1. The highest BCUT2D eigenvalue weighted by atomic mass is 32.1. The summed E-state index contributed by atoms with van der Waals surface area (Å²) in [6.07, 6.45) is 2.18. The lowest BCUT2D eigenvalue weighted by atomic mass is 10.0. The maximum Gasteiger partial charge on any atom is 0.345 e. The average Bonchev–Trinajstić information content (AvgIpc) is 3.08. The number of nitriles is 1. The zero-order valence-corrected chi connectivity index (χ0v) is 17.5. The lowest BCUT2D eigenvalue weighted by Crippen LogP contribution is -2.46. The maximum absolute atomic E-state index is 12.6. The molecule has 0 saturated heterocycles. The van der Waals surface area contributed by atoms with Crippen LogP contribution >= 0.6 is 11.3 Å². The molecule has 1 aromatic heterocycles.